The second-order valence-corrected chi connectivity index (χ2v) is 4.70. The molecule has 2 N–H and O–H groups in total. The van der Waals surface area contributed by atoms with Gasteiger partial charge in [0, 0.05) is 6.04 Å². The van der Waals surface area contributed by atoms with Crippen LogP contribution >= 0.6 is 0 Å². The lowest BCUT2D eigenvalue weighted by Crippen LogP contribution is -2.19. The largest absolute Gasteiger partial charge is 0.365 e. The number of aromatic nitrogens is 4. The van der Waals surface area contributed by atoms with Gasteiger partial charge in [-0.1, -0.05) is 12.1 Å². The van der Waals surface area contributed by atoms with Crippen molar-refractivity contribution in [2.75, 3.05) is 5.32 Å². The van der Waals surface area contributed by atoms with Crippen LogP contribution in [0.5, 0.6) is 0 Å². The molecule has 0 fully saturated rings. The second-order valence-electron chi connectivity index (χ2n) is 4.70. The van der Waals surface area contributed by atoms with Crippen LogP contribution in [-0.4, -0.2) is 26.0 Å². The van der Waals surface area contributed by atoms with E-state index < -0.39 is 0 Å². The number of rotatable bonds is 4. The quantitative estimate of drug-likeness (QED) is 0.765. The molecule has 1 atom stereocenters. The van der Waals surface area contributed by atoms with E-state index in [0.717, 1.165) is 23.3 Å². The Morgan fingerprint density at radius 3 is 2.80 bits per heavy atom. The van der Waals surface area contributed by atoms with Crippen LogP contribution in [0.2, 0.25) is 0 Å². The fraction of sp³-hybridized carbons (Fsp3) is 0.214. The minimum atomic E-state index is -0.218. The highest BCUT2D eigenvalue weighted by Crippen LogP contribution is 2.16. The van der Waals surface area contributed by atoms with Crippen LogP contribution in [0.4, 0.5) is 10.2 Å². The molecule has 2 heterocycles. The number of aromatic amines is 1. The van der Waals surface area contributed by atoms with E-state index in [1.54, 1.807) is 18.5 Å². The standard InChI is InChI=1S/C14H14FN5/c1-9(6-10-2-4-11(15)5-3-10)20-14-12-13(17-7-16-12)18-8-19-14/h2-5,7-9H,6H2,1H3,(H2,16,17,18,19,20). The van der Waals surface area contributed by atoms with Crippen molar-refractivity contribution in [1.82, 2.24) is 19.9 Å². The number of anilines is 1. The molecule has 0 saturated carbocycles. The van der Waals surface area contributed by atoms with Crippen molar-refractivity contribution < 1.29 is 4.39 Å². The van der Waals surface area contributed by atoms with Crippen molar-refractivity contribution >= 4 is 17.0 Å². The Morgan fingerprint density at radius 2 is 2.00 bits per heavy atom. The van der Waals surface area contributed by atoms with Crippen molar-refractivity contribution in [1.29, 1.82) is 0 Å². The molecule has 1 aromatic carbocycles. The summed E-state index contributed by atoms with van der Waals surface area (Å²) in [6, 6.07) is 6.68. The maximum Gasteiger partial charge on any atom is 0.182 e. The summed E-state index contributed by atoms with van der Waals surface area (Å²) in [5, 5.41) is 3.32. The highest BCUT2D eigenvalue weighted by Gasteiger charge is 2.09. The second kappa shape index (κ2) is 5.24. The van der Waals surface area contributed by atoms with Crippen molar-refractivity contribution in [3.63, 3.8) is 0 Å². The summed E-state index contributed by atoms with van der Waals surface area (Å²) >= 11 is 0. The van der Waals surface area contributed by atoms with Gasteiger partial charge in [-0.2, -0.15) is 0 Å². The van der Waals surface area contributed by atoms with E-state index >= 15 is 0 Å². The predicted molar refractivity (Wildman–Crippen MR) is 74.9 cm³/mol. The van der Waals surface area contributed by atoms with Crippen LogP contribution in [0.1, 0.15) is 12.5 Å². The van der Waals surface area contributed by atoms with Crippen molar-refractivity contribution in [3.05, 3.63) is 48.3 Å². The monoisotopic (exact) mass is 271 g/mol. The van der Waals surface area contributed by atoms with E-state index in [2.05, 4.69) is 25.3 Å². The average molecular weight is 271 g/mol. The first-order valence-corrected chi connectivity index (χ1v) is 6.37. The smallest absolute Gasteiger partial charge is 0.182 e. The van der Waals surface area contributed by atoms with Crippen molar-refractivity contribution in [2.24, 2.45) is 0 Å². The number of H-pyrrole nitrogens is 1. The summed E-state index contributed by atoms with van der Waals surface area (Å²) in [6.45, 7) is 2.05. The van der Waals surface area contributed by atoms with Crippen LogP contribution in [0.15, 0.2) is 36.9 Å². The summed E-state index contributed by atoms with van der Waals surface area (Å²) in [7, 11) is 0. The van der Waals surface area contributed by atoms with Gasteiger partial charge in [0.25, 0.3) is 0 Å². The van der Waals surface area contributed by atoms with Gasteiger partial charge in [0.2, 0.25) is 0 Å². The molecule has 1 unspecified atom stereocenters. The van der Waals surface area contributed by atoms with E-state index in [4.69, 9.17) is 0 Å². The fourth-order valence-corrected chi connectivity index (χ4v) is 2.13. The van der Waals surface area contributed by atoms with E-state index in [1.807, 2.05) is 6.92 Å². The third-order valence-corrected chi connectivity index (χ3v) is 3.06. The molecule has 0 saturated heterocycles. The first-order valence-electron chi connectivity index (χ1n) is 6.37. The van der Waals surface area contributed by atoms with Crippen LogP contribution in [0.25, 0.3) is 11.2 Å². The molecule has 20 heavy (non-hydrogen) atoms. The molecule has 2 aromatic heterocycles. The molecular weight excluding hydrogens is 257 g/mol. The molecule has 6 heteroatoms. The molecule has 0 aliphatic carbocycles. The van der Waals surface area contributed by atoms with Crippen molar-refractivity contribution in [2.45, 2.75) is 19.4 Å². The summed E-state index contributed by atoms with van der Waals surface area (Å²) in [5.41, 5.74) is 2.50. The highest BCUT2D eigenvalue weighted by molar-refractivity contribution is 5.82. The summed E-state index contributed by atoms with van der Waals surface area (Å²) in [6.07, 6.45) is 3.85. The molecule has 102 valence electrons. The van der Waals surface area contributed by atoms with Gasteiger partial charge in [0.1, 0.15) is 17.7 Å². The number of hydrogen-bond donors (Lipinski definition) is 2. The Balaban J connectivity index is 1.74. The van der Waals surface area contributed by atoms with E-state index in [-0.39, 0.29) is 11.9 Å². The van der Waals surface area contributed by atoms with Gasteiger partial charge in [0.05, 0.1) is 6.33 Å². The third-order valence-electron chi connectivity index (χ3n) is 3.06. The maximum absolute atomic E-state index is 12.9. The normalized spacial score (nSPS) is 12.5. The highest BCUT2D eigenvalue weighted by atomic mass is 19.1. The number of imidazole rings is 1. The number of hydrogen-bond acceptors (Lipinski definition) is 4. The van der Waals surface area contributed by atoms with E-state index in [0.29, 0.717) is 5.65 Å². The van der Waals surface area contributed by atoms with Crippen LogP contribution in [-0.2, 0) is 6.42 Å². The Labute approximate surface area is 115 Å². The lowest BCUT2D eigenvalue weighted by molar-refractivity contribution is 0.626. The number of benzene rings is 1. The van der Waals surface area contributed by atoms with Crippen molar-refractivity contribution in [3.8, 4) is 0 Å². The summed E-state index contributed by atoms with van der Waals surface area (Å²) < 4.78 is 12.9. The minimum Gasteiger partial charge on any atom is -0.365 e. The zero-order chi connectivity index (χ0) is 13.9. The number of nitrogens with one attached hydrogen (secondary N) is 2. The molecule has 5 nitrogen and oxygen atoms in total. The number of halogens is 1. The van der Waals surface area contributed by atoms with Crippen LogP contribution in [0.3, 0.4) is 0 Å². The lowest BCUT2D eigenvalue weighted by Gasteiger charge is -2.14. The Morgan fingerprint density at radius 1 is 1.20 bits per heavy atom. The molecule has 0 aliphatic heterocycles. The Kier molecular flexibility index (Phi) is 3.28. The molecular formula is C14H14FN5. The van der Waals surface area contributed by atoms with Gasteiger partial charge in [-0.05, 0) is 31.0 Å². The molecule has 0 radical (unpaired) electrons. The predicted octanol–water partition coefficient (Wildman–Crippen LogP) is 2.54. The van der Waals surface area contributed by atoms with E-state index in [9.17, 15) is 4.39 Å². The van der Waals surface area contributed by atoms with Gasteiger partial charge in [-0.25, -0.2) is 19.3 Å². The SMILES string of the molecule is CC(Cc1ccc(F)cc1)Nc1ncnc2nc[nH]c12. The van der Waals surface area contributed by atoms with Gasteiger partial charge in [-0.15, -0.1) is 0 Å². The van der Waals surface area contributed by atoms with Gasteiger partial charge >= 0.3 is 0 Å². The average Bonchev–Trinajstić information content (AvgIpc) is 2.91. The zero-order valence-electron chi connectivity index (χ0n) is 11.0. The first-order chi connectivity index (χ1) is 9.72. The van der Waals surface area contributed by atoms with Gasteiger partial charge < -0.3 is 10.3 Å². The minimum absolute atomic E-state index is 0.155. The molecule has 0 spiro atoms. The number of nitrogens with zero attached hydrogens (tertiary/aromatic N) is 3. The number of fused-ring (bicyclic) bond motifs is 1. The summed E-state index contributed by atoms with van der Waals surface area (Å²) in [5.74, 6) is 0.506. The lowest BCUT2D eigenvalue weighted by atomic mass is 10.1. The molecule has 3 rings (SSSR count). The molecule has 0 amide bonds. The fourth-order valence-electron chi connectivity index (χ4n) is 2.13. The van der Waals surface area contributed by atoms with Gasteiger partial charge in [0.15, 0.2) is 11.5 Å². The maximum atomic E-state index is 12.9. The Hall–Kier alpha value is -2.50. The van der Waals surface area contributed by atoms with Crippen LogP contribution < -0.4 is 5.32 Å². The zero-order valence-corrected chi connectivity index (χ0v) is 11.0. The Bertz CT molecular complexity index is 707. The van der Waals surface area contributed by atoms with E-state index in [1.165, 1.54) is 18.5 Å². The topological polar surface area (TPSA) is 66.5 Å². The van der Waals surface area contributed by atoms with Gasteiger partial charge in [-0.3, -0.25) is 0 Å². The van der Waals surface area contributed by atoms with Crippen LogP contribution in [0, 0.1) is 5.82 Å². The first kappa shape index (κ1) is 12.5. The molecule has 0 aliphatic rings. The summed E-state index contributed by atoms with van der Waals surface area (Å²) in [4.78, 5) is 15.4. The molecule has 0 bridgehead atoms. The third kappa shape index (κ3) is 2.59. The molecule has 3 aromatic rings.